The van der Waals surface area contributed by atoms with Crippen LogP contribution in [0.3, 0.4) is 0 Å². The Balaban J connectivity index is 0.000000515. The average molecular weight is 320 g/mol. The number of amides is 1. The summed E-state index contributed by atoms with van der Waals surface area (Å²) in [6.45, 7) is 13.6. The highest BCUT2D eigenvalue weighted by Gasteiger charge is 2.38. The number of benzene rings is 1. The number of hydrogen-bond donors (Lipinski definition) is 1. The van der Waals surface area contributed by atoms with Crippen molar-refractivity contribution in [1.29, 1.82) is 0 Å². The highest BCUT2D eigenvalue weighted by atomic mass is 16.1. The lowest BCUT2D eigenvalue weighted by Gasteiger charge is -2.42. The van der Waals surface area contributed by atoms with Gasteiger partial charge in [-0.2, -0.15) is 0 Å². The highest BCUT2D eigenvalue weighted by Crippen LogP contribution is 2.43. The van der Waals surface area contributed by atoms with E-state index in [0.717, 1.165) is 18.9 Å². The number of aryl methyl sites for hydroxylation is 1. The van der Waals surface area contributed by atoms with Crippen molar-refractivity contribution in [2.24, 2.45) is 5.92 Å². The standard InChI is InChI=1S/C13H17NO.C6H14.C2H6/c1-11-3-5-12(6-4-11)13(7-2-8-13)9-14-10-15;1-4-6(3)5-2;1-2/h3-6,10H,2,7-9H2,1H3,(H,14,15);6H,4-5H2,1-3H3;1-2H3. The molecule has 132 valence electrons. The minimum atomic E-state index is 0.217. The second-order valence-corrected chi connectivity index (χ2v) is 6.42. The number of hydrogen-bond acceptors (Lipinski definition) is 1. The van der Waals surface area contributed by atoms with Crippen molar-refractivity contribution in [3.8, 4) is 0 Å². The Hall–Kier alpha value is -1.31. The molecule has 0 aromatic heterocycles. The summed E-state index contributed by atoms with van der Waals surface area (Å²) in [5, 5.41) is 2.82. The van der Waals surface area contributed by atoms with Crippen LogP contribution in [0.5, 0.6) is 0 Å². The molecule has 1 aromatic rings. The van der Waals surface area contributed by atoms with Crippen LogP contribution in [-0.4, -0.2) is 13.0 Å². The highest BCUT2D eigenvalue weighted by molar-refractivity contribution is 5.47. The molecule has 1 fully saturated rings. The summed E-state index contributed by atoms with van der Waals surface area (Å²) in [6, 6.07) is 8.69. The third-order valence-electron chi connectivity index (χ3n) is 4.89. The van der Waals surface area contributed by atoms with Crippen LogP contribution in [0.2, 0.25) is 0 Å². The minimum absolute atomic E-state index is 0.217. The van der Waals surface area contributed by atoms with E-state index in [1.165, 1.54) is 43.2 Å². The number of rotatable bonds is 6. The van der Waals surface area contributed by atoms with Gasteiger partial charge in [0.2, 0.25) is 6.41 Å². The maximum atomic E-state index is 10.4. The van der Waals surface area contributed by atoms with E-state index >= 15 is 0 Å². The molecule has 0 spiro atoms. The van der Waals surface area contributed by atoms with E-state index in [-0.39, 0.29) is 5.41 Å². The van der Waals surface area contributed by atoms with Gasteiger partial charge in [0.15, 0.2) is 0 Å². The lowest BCUT2D eigenvalue weighted by molar-refractivity contribution is -0.109. The first-order valence-electron chi connectivity index (χ1n) is 9.32. The lowest BCUT2D eigenvalue weighted by Crippen LogP contribution is -2.43. The van der Waals surface area contributed by atoms with Crippen molar-refractivity contribution in [2.45, 2.75) is 79.1 Å². The Bertz CT molecular complexity index is 402. The predicted molar refractivity (Wildman–Crippen MR) is 102 cm³/mol. The number of carbonyl (C=O) groups excluding carboxylic acids is 1. The van der Waals surface area contributed by atoms with Crippen molar-refractivity contribution in [3.63, 3.8) is 0 Å². The smallest absolute Gasteiger partial charge is 0.207 e. The molecule has 0 heterocycles. The molecule has 0 saturated heterocycles. The van der Waals surface area contributed by atoms with Gasteiger partial charge in [-0.05, 0) is 31.2 Å². The monoisotopic (exact) mass is 319 g/mol. The van der Waals surface area contributed by atoms with Crippen molar-refractivity contribution < 1.29 is 4.79 Å². The van der Waals surface area contributed by atoms with E-state index in [4.69, 9.17) is 0 Å². The van der Waals surface area contributed by atoms with Gasteiger partial charge in [-0.15, -0.1) is 0 Å². The van der Waals surface area contributed by atoms with Gasteiger partial charge in [0.05, 0.1) is 0 Å². The molecule has 1 aromatic carbocycles. The van der Waals surface area contributed by atoms with E-state index in [2.05, 4.69) is 57.3 Å². The van der Waals surface area contributed by atoms with Crippen LogP contribution in [0.4, 0.5) is 0 Å². The van der Waals surface area contributed by atoms with Gasteiger partial charge in [0.1, 0.15) is 0 Å². The van der Waals surface area contributed by atoms with E-state index in [1.807, 2.05) is 13.8 Å². The second kappa shape index (κ2) is 12.2. The zero-order valence-corrected chi connectivity index (χ0v) is 16.1. The van der Waals surface area contributed by atoms with Crippen molar-refractivity contribution in [2.75, 3.05) is 6.54 Å². The topological polar surface area (TPSA) is 29.1 Å². The first kappa shape index (κ1) is 21.7. The van der Waals surface area contributed by atoms with E-state index < -0.39 is 0 Å². The van der Waals surface area contributed by atoms with Crippen LogP contribution in [0, 0.1) is 12.8 Å². The Morgan fingerprint density at radius 3 is 1.96 bits per heavy atom. The molecule has 1 aliphatic carbocycles. The Morgan fingerprint density at radius 2 is 1.65 bits per heavy atom. The molecular weight excluding hydrogens is 282 g/mol. The summed E-state index contributed by atoms with van der Waals surface area (Å²) in [5.41, 5.74) is 2.87. The normalized spacial score (nSPS) is 14.6. The van der Waals surface area contributed by atoms with Crippen LogP contribution >= 0.6 is 0 Å². The van der Waals surface area contributed by atoms with Crippen molar-refractivity contribution >= 4 is 6.41 Å². The van der Waals surface area contributed by atoms with Crippen molar-refractivity contribution in [3.05, 3.63) is 35.4 Å². The zero-order valence-electron chi connectivity index (χ0n) is 16.1. The Kier molecular flexibility index (Phi) is 11.5. The van der Waals surface area contributed by atoms with E-state index in [9.17, 15) is 4.79 Å². The first-order valence-corrected chi connectivity index (χ1v) is 9.32. The second-order valence-electron chi connectivity index (χ2n) is 6.42. The van der Waals surface area contributed by atoms with Gasteiger partial charge >= 0.3 is 0 Å². The van der Waals surface area contributed by atoms with Crippen LogP contribution in [-0.2, 0) is 10.2 Å². The van der Waals surface area contributed by atoms with Gasteiger partial charge < -0.3 is 5.32 Å². The summed E-state index contributed by atoms with van der Waals surface area (Å²) >= 11 is 0. The first-order chi connectivity index (χ1) is 11.1. The quantitative estimate of drug-likeness (QED) is 0.676. The van der Waals surface area contributed by atoms with Gasteiger partial charge in [0.25, 0.3) is 0 Å². The molecule has 0 radical (unpaired) electrons. The molecular formula is C21H37NO. The molecule has 1 aliphatic rings. The number of nitrogens with one attached hydrogen (secondary N) is 1. The Morgan fingerprint density at radius 1 is 1.13 bits per heavy atom. The van der Waals surface area contributed by atoms with Crippen molar-refractivity contribution in [1.82, 2.24) is 5.32 Å². The number of carbonyl (C=O) groups is 1. The predicted octanol–water partition coefficient (Wildman–Crippen LogP) is 5.63. The summed E-state index contributed by atoms with van der Waals surface area (Å²) in [5.74, 6) is 0.935. The summed E-state index contributed by atoms with van der Waals surface area (Å²) in [7, 11) is 0. The molecule has 2 rings (SSSR count). The van der Waals surface area contributed by atoms with Crippen LogP contribution in [0.25, 0.3) is 0 Å². The summed E-state index contributed by atoms with van der Waals surface area (Å²) in [6.07, 6.45) is 7.11. The Labute approximate surface area is 144 Å². The largest absolute Gasteiger partial charge is 0.358 e. The van der Waals surface area contributed by atoms with Gasteiger partial charge in [-0.25, -0.2) is 0 Å². The molecule has 23 heavy (non-hydrogen) atoms. The fraction of sp³-hybridized carbons (Fsp3) is 0.667. The molecule has 0 unspecified atom stereocenters. The summed E-state index contributed by atoms with van der Waals surface area (Å²) in [4.78, 5) is 10.4. The lowest BCUT2D eigenvalue weighted by atomic mass is 9.64. The van der Waals surface area contributed by atoms with E-state index in [0.29, 0.717) is 0 Å². The molecule has 1 saturated carbocycles. The van der Waals surface area contributed by atoms with Crippen LogP contribution < -0.4 is 5.32 Å². The molecule has 2 heteroatoms. The zero-order chi connectivity index (χ0) is 17.7. The third kappa shape index (κ3) is 7.20. The molecule has 0 aliphatic heterocycles. The fourth-order valence-electron chi connectivity index (χ4n) is 2.60. The third-order valence-corrected chi connectivity index (χ3v) is 4.89. The SMILES string of the molecule is CC.CCC(C)CC.Cc1ccc(C2(CNC=O)CCC2)cc1. The molecule has 0 atom stereocenters. The van der Waals surface area contributed by atoms with Crippen LogP contribution in [0.15, 0.2) is 24.3 Å². The molecule has 1 N–H and O–H groups in total. The maximum Gasteiger partial charge on any atom is 0.207 e. The minimum Gasteiger partial charge on any atom is -0.358 e. The van der Waals surface area contributed by atoms with E-state index in [1.54, 1.807) is 0 Å². The van der Waals surface area contributed by atoms with Gasteiger partial charge in [-0.3, -0.25) is 4.79 Å². The van der Waals surface area contributed by atoms with Gasteiger partial charge in [-0.1, -0.05) is 83.7 Å². The fourth-order valence-corrected chi connectivity index (χ4v) is 2.60. The van der Waals surface area contributed by atoms with Gasteiger partial charge in [0, 0.05) is 12.0 Å². The maximum absolute atomic E-state index is 10.4. The molecule has 2 nitrogen and oxygen atoms in total. The molecule has 1 amide bonds. The van der Waals surface area contributed by atoms with Crippen LogP contribution in [0.1, 0.15) is 77.8 Å². The summed E-state index contributed by atoms with van der Waals surface area (Å²) < 4.78 is 0. The molecule has 0 bridgehead atoms. The average Bonchev–Trinajstić information content (AvgIpc) is 2.57.